The van der Waals surface area contributed by atoms with Gasteiger partial charge in [0.1, 0.15) is 0 Å². The van der Waals surface area contributed by atoms with E-state index in [0.717, 1.165) is 44.6 Å². The number of piperazine rings is 1. The summed E-state index contributed by atoms with van der Waals surface area (Å²) in [6.07, 6.45) is 8.40. The lowest BCUT2D eigenvalue weighted by Gasteiger charge is -2.36. The van der Waals surface area contributed by atoms with Gasteiger partial charge in [0.15, 0.2) is 5.96 Å². The molecule has 0 spiro atoms. The molecule has 0 radical (unpaired) electrons. The molecule has 0 bridgehead atoms. The Morgan fingerprint density at radius 2 is 1.70 bits per heavy atom. The second-order valence-electron chi connectivity index (χ2n) is 6.79. The van der Waals surface area contributed by atoms with E-state index in [9.17, 15) is 0 Å². The second-order valence-corrected chi connectivity index (χ2v) is 6.79. The summed E-state index contributed by atoms with van der Waals surface area (Å²) >= 11 is 0. The lowest BCUT2D eigenvalue weighted by Crippen LogP contribution is -2.53. The van der Waals surface area contributed by atoms with Crippen LogP contribution in [0, 0.1) is 0 Å². The van der Waals surface area contributed by atoms with Crippen LogP contribution in [0.4, 0.5) is 5.95 Å². The lowest BCUT2D eigenvalue weighted by atomic mass is 10.1. The van der Waals surface area contributed by atoms with E-state index in [2.05, 4.69) is 60.4 Å². The van der Waals surface area contributed by atoms with Gasteiger partial charge in [-0.2, -0.15) is 0 Å². The Balaban J connectivity index is 1.32. The van der Waals surface area contributed by atoms with Crippen LogP contribution in [0.2, 0.25) is 0 Å². The quantitative estimate of drug-likeness (QED) is 0.464. The van der Waals surface area contributed by atoms with Gasteiger partial charge in [-0.05, 0) is 30.9 Å². The van der Waals surface area contributed by atoms with E-state index in [0.29, 0.717) is 0 Å². The molecule has 1 aromatic heterocycles. The van der Waals surface area contributed by atoms with Gasteiger partial charge in [-0.25, -0.2) is 9.97 Å². The molecule has 144 valence electrons. The minimum Gasteiger partial charge on any atom is -0.356 e. The van der Waals surface area contributed by atoms with Gasteiger partial charge < -0.3 is 15.1 Å². The SMILES string of the molecule is CN=C(NCCCCCc1ccccc1)N1CCN(c2ncccn2)CC1. The van der Waals surface area contributed by atoms with Crippen LogP contribution < -0.4 is 10.2 Å². The first kappa shape index (κ1) is 19.1. The second kappa shape index (κ2) is 10.5. The molecule has 1 saturated heterocycles. The van der Waals surface area contributed by atoms with Crippen LogP contribution in [0.1, 0.15) is 24.8 Å². The molecule has 0 amide bonds. The van der Waals surface area contributed by atoms with Gasteiger partial charge in [0.05, 0.1) is 0 Å². The first-order chi connectivity index (χ1) is 13.4. The van der Waals surface area contributed by atoms with Crippen LogP contribution in [0.3, 0.4) is 0 Å². The number of rotatable bonds is 7. The summed E-state index contributed by atoms with van der Waals surface area (Å²) < 4.78 is 0. The highest BCUT2D eigenvalue weighted by Crippen LogP contribution is 2.10. The van der Waals surface area contributed by atoms with Crippen molar-refractivity contribution in [1.82, 2.24) is 20.2 Å². The number of nitrogens with zero attached hydrogens (tertiary/aromatic N) is 5. The van der Waals surface area contributed by atoms with E-state index in [4.69, 9.17) is 0 Å². The molecule has 2 aromatic rings. The van der Waals surface area contributed by atoms with Crippen molar-refractivity contribution < 1.29 is 0 Å². The molecule has 1 aliphatic heterocycles. The molecule has 1 aliphatic rings. The molecule has 0 unspecified atom stereocenters. The molecule has 0 atom stereocenters. The van der Waals surface area contributed by atoms with Crippen molar-refractivity contribution in [2.75, 3.05) is 44.7 Å². The summed E-state index contributed by atoms with van der Waals surface area (Å²) in [6.45, 7) is 4.69. The molecule has 1 fully saturated rings. The Morgan fingerprint density at radius 3 is 2.41 bits per heavy atom. The van der Waals surface area contributed by atoms with E-state index in [1.54, 1.807) is 12.4 Å². The molecule has 3 rings (SSSR count). The molecule has 1 aromatic carbocycles. The Hall–Kier alpha value is -2.63. The van der Waals surface area contributed by atoms with Gasteiger partial charge in [-0.3, -0.25) is 4.99 Å². The number of hydrogen-bond donors (Lipinski definition) is 1. The average Bonchev–Trinajstić information content (AvgIpc) is 2.75. The summed E-state index contributed by atoms with van der Waals surface area (Å²) in [6, 6.07) is 12.6. The number of nitrogens with one attached hydrogen (secondary N) is 1. The maximum Gasteiger partial charge on any atom is 0.225 e. The number of unbranched alkanes of at least 4 members (excludes halogenated alkanes) is 2. The average molecular weight is 367 g/mol. The molecule has 6 nitrogen and oxygen atoms in total. The van der Waals surface area contributed by atoms with Gasteiger partial charge in [0.25, 0.3) is 0 Å². The Labute approximate surface area is 162 Å². The van der Waals surface area contributed by atoms with Crippen LogP contribution in [-0.2, 0) is 6.42 Å². The number of aryl methyl sites for hydroxylation is 1. The van der Waals surface area contributed by atoms with Crippen molar-refractivity contribution >= 4 is 11.9 Å². The highest BCUT2D eigenvalue weighted by molar-refractivity contribution is 5.80. The van der Waals surface area contributed by atoms with E-state index >= 15 is 0 Å². The van der Waals surface area contributed by atoms with Crippen molar-refractivity contribution in [1.29, 1.82) is 0 Å². The normalized spacial score (nSPS) is 15.1. The van der Waals surface area contributed by atoms with Crippen molar-refractivity contribution in [2.24, 2.45) is 4.99 Å². The fourth-order valence-electron chi connectivity index (χ4n) is 3.38. The van der Waals surface area contributed by atoms with Crippen molar-refractivity contribution in [3.8, 4) is 0 Å². The number of hydrogen-bond acceptors (Lipinski definition) is 4. The van der Waals surface area contributed by atoms with Crippen LogP contribution >= 0.6 is 0 Å². The van der Waals surface area contributed by atoms with E-state index in [1.165, 1.54) is 31.2 Å². The zero-order chi connectivity index (χ0) is 18.7. The smallest absolute Gasteiger partial charge is 0.225 e. The Morgan fingerprint density at radius 1 is 0.963 bits per heavy atom. The number of anilines is 1. The third-order valence-electron chi connectivity index (χ3n) is 4.89. The summed E-state index contributed by atoms with van der Waals surface area (Å²) in [4.78, 5) is 17.7. The van der Waals surface area contributed by atoms with Gasteiger partial charge in [0, 0.05) is 52.2 Å². The highest BCUT2D eigenvalue weighted by Gasteiger charge is 2.20. The fourth-order valence-corrected chi connectivity index (χ4v) is 3.38. The van der Waals surface area contributed by atoms with Crippen molar-refractivity contribution in [3.05, 3.63) is 54.4 Å². The predicted molar refractivity (Wildman–Crippen MR) is 111 cm³/mol. The zero-order valence-electron chi connectivity index (χ0n) is 16.2. The van der Waals surface area contributed by atoms with Gasteiger partial charge in [-0.15, -0.1) is 0 Å². The van der Waals surface area contributed by atoms with Gasteiger partial charge in [0.2, 0.25) is 5.95 Å². The minimum absolute atomic E-state index is 0.818. The number of benzene rings is 1. The topological polar surface area (TPSA) is 56.7 Å². The summed E-state index contributed by atoms with van der Waals surface area (Å²) in [5, 5.41) is 3.52. The van der Waals surface area contributed by atoms with E-state index < -0.39 is 0 Å². The molecule has 6 heteroatoms. The summed E-state index contributed by atoms with van der Waals surface area (Å²) in [5.74, 6) is 1.82. The van der Waals surface area contributed by atoms with Crippen LogP contribution in [0.25, 0.3) is 0 Å². The molecular formula is C21H30N6. The maximum atomic E-state index is 4.46. The highest BCUT2D eigenvalue weighted by atomic mass is 15.4. The molecule has 1 N–H and O–H groups in total. The summed E-state index contributed by atoms with van der Waals surface area (Å²) in [7, 11) is 1.87. The number of aromatic nitrogens is 2. The fraction of sp³-hybridized carbons (Fsp3) is 0.476. The molecule has 27 heavy (non-hydrogen) atoms. The molecule has 0 aliphatic carbocycles. The number of aliphatic imine (C=N–C) groups is 1. The molecular weight excluding hydrogens is 336 g/mol. The monoisotopic (exact) mass is 366 g/mol. The first-order valence-corrected chi connectivity index (χ1v) is 9.88. The third-order valence-corrected chi connectivity index (χ3v) is 4.89. The summed E-state index contributed by atoms with van der Waals surface area (Å²) in [5.41, 5.74) is 1.43. The maximum absolute atomic E-state index is 4.46. The van der Waals surface area contributed by atoms with Gasteiger partial charge >= 0.3 is 0 Å². The molecule has 0 saturated carbocycles. The van der Waals surface area contributed by atoms with Gasteiger partial charge in [-0.1, -0.05) is 36.8 Å². The van der Waals surface area contributed by atoms with Crippen LogP contribution in [0.5, 0.6) is 0 Å². The van der Waals surface area contributed by atoms with Crippen molar-refractivity contribution in [3.63, 3.8) is 0 Å². The Bertz CT molecular complexity index is 680. The Kier molecular flexibility index (Phi) is 7.45. The first-order valence-electron chi connectivity index (χ1n) is 9.88. The third kappa shape index (κ3) is 5.94. The minimum atomic E-state index is 0.818. The number of guanidine groups is 1. The van der Waals surface area contributed by atoms with Crippen molar-refractivity contribution in [2.45, 2.75) is 25.7 Å². The van der Waals surface area contributed by atoms with Crippen LogP contribution in [0.15, 0.2) is 53.8 Å². The van der Waals surface area contributed by atoms with Crippen LogP contribution in [-0.4, -0.2) is 60.6 Å². The van der Waals surface area contributed by atoms with E-state index in [-0.39, 0.29) is 0 Å². The molecule has 2 heterocycles. The predicted octanol–water partition coefficient (Wildman–Crippen LogP) is 2.59. The zero-order valence-corrected chi connectivity index (χ0v) is 16.2. The van der Waals surface area contributed by atoms with E-state index in [1.807, 2.05) is 13.1 Å². The standard InChI is InChI=1S/C21H30N6/c1-22-20(23-12-7-3-6-11-19-9-4-2-5-10-19)26-15-17-27(18-16-26)21-24-13-8-14-25-21/h2,4-5,8-10,13-14H,3,6-7,11-12,15-18H2,1H3,(H,22,23). The largest absolute Gasteiger partial charge is 0.356 e. The lowest BCUT2D eigenvalue weighted by molar-refractivity contribution is 0.369.